The Morgan fingerprint density at radius 3 is 2.47 bits per heavy atom. The number of hydrogen-bond acceptors (Lipinski definition) is 4. The summed E-state index contributed by atoms with van der Waals surface area (Å²) in [7, 11) is 0. The van der Waals surface area contributed by atoms with Crippen molar-refractivity contribution < 1.29 is 19.1 Å². The van der Waals surface area contributed by atoms with Gasteiger partial charge in [-0.3, -0.25) is 14.4 Å². The number of fused-ring (bicyclic) bond motifs is 5. The molecule has 5 nitrogen and oxygen atoms in total. The molecule has 0 bridgehead atoms. The van der Waals surface area contributed by atoms with Crippen LogP contribution in [0, 0.1) is 46.3 Å². The molecule has 204 valence electrons. The first-order chi connectivity index (χ1) is 16.9. The van der Waals surface area contributed by atoms with Crippen LogP contribution in [0.3, 0.4) is 0 Å². The Balaban J connectivity index is 1.51. The van der Waals surface area contributed by atoms with Crippen LogP contribution in [-0.2, 0) is 19.1 Å². The fourth-order valence-corrected chi connectivity index (χ4v) is 10.3. The molecule has 0 aliphatic heterocycles. The molecule has 4 fully saturated rings. The lowest BCUT2D eigenvalue weighted by molar-refractivity contribution is -0.166. The zero-order valence-corrected chi connectivity index (χ0v) is 24.2. The number of nitrogens with zero attached hydrogens (tertiary/aromatic N) is 1. The summed E-state index contributed by atoms with van der Waals surface area (Å²) in [6.07, 6.45) is 8.15. The van der Waals surface area contributed by atoms with Crippen LogP contribution >= 0.6 is 23.2 Å². The summed E-state index contributed by atoms with van der Waals surface area (Å²) in [5.74, 6) is 2.22. The molecule has 7 heteroatoms. The minimum absolute atomic E-state index is 0.00298. The second kappa shape index (κ2) is 10.4. The van der Waals surface area contributed by atoms with Gasteiger partial charge in [-0.05, 0) is 106 Å². The first-order valence-electron chi connectivity index (χ1n) is 14.2. The van der Waals surface area contributed by atoms with Gasteiger partial charge in [-0.2, -0.15) is 0 Å². The van der Waals surface area contributed by atoms with Crippen molar-refractivity contribution in [3.8, 4) is 0 Å². The minimum atomic E-state index is -1.44. The Hall–Kier alpha value is -0.810. The van der Waals surface area contributed by atoms with E-state index in [0.29, 0.717) is 61.9 Å². The number of alkyl halides is 2. The van der Waals surface area contributed by atoms with E-state index in [0.717, 1.165) is 44.9 Å². The van der Waals surface area contributed by atoms with Crippen molar-refractivity contribution in [1.29, 1.82) is 0 Å². The van der Waals surface area contributed by atoms with E-state index < -0.39 is 4.33 Å². The van der Waals surface area contributed by atoms with Crippen LogP contribution in [0.4, 0.5) is 0 Å². The van der Waals surface area contributed by atoms with Crippen molar-refractivity contribution in [2.24, 2.45) is 46.3 Å². The zero-order valence-electron chi connectivity index (χ0n) is 22.7. The molecule has 0 radical (unpaired) electrons. The quantitative estimate of drug-likeness (QED) is 0.262. The molecule has 4 aliphatic carbocycles. The molecule has 0 heterocycles. The lowest BCUT2D eigenvalue weighted by atomic mass is 9.44. The summed E-state index contributed by atoms with van der Waals surface area (Å²) in [6.45, 7) is 12.5. The van der Waals surface area contributed by atoms with E-state index in [9.17, 15) is 14.4 Å². The van der Waals surface area contributed by atoms with E-state index in [1.165, 1.54) is 0 Å². The molecule has 2 unspecified atom stereocenters. The molecule has 0 aromatic carbocycles. The van der Waals surface area contributed by atoms with Gasteiger partial charge in [0.05, 0.1) is 0 Å². The number of amides is 1. The van der Waals surface area contributed by atoms with Crippen molar-refractivity contribution in [2.45, 2.75) is 103 Å². The summed E-state index contributed by atoms with van der Waals surface area (Å²) < 4.78 is 3.90. The van der Waals surface area contributed by atoms with Gasteiger partial charge in [-0.1, -0.05) is 44.0 Å². The second-order valence-corrected chi connectivity index (χ2v) is 14.3. The number of ketones is 1. The maximum atomic E-state index is 14.0. The highest BCUT2D eigenvalue weighted by atomic mass is 35.5. The smallest absolute Gasteiger partial charge is 0.293 e. The monoisotopic (exact) mass is 541 g/mol. The molecule has 1 amide bonds. The Morgan fingerprint density at radius 2 is 1.83 bits per heavy atom. The Bertz CT molecular complexity index is 860. The Labute approximate surface area is 227 Å². The summed E-state index contributed by atoms with van der Waals surface area (Å²) in [5, 5.41) is 0. The van der Waals surface area contributed by atoms with Crippen molar-refractivity contribution in [2.75, 3.05) is 13.1 Å². The van der Waals surface area contributed by atoms with Crippen LogP contribution in [0.5, 0.6) is 0 Å². The highest BCUT2D eigenvalue weighted by molar-refractivity contribution is 6.58. The molecule has 0 N–H and O–H groups in total. The predicted octanol–water partition coefficient (Wildman–Crippen LogP) is 6.43. The fraction of sp³-hybridized carbons (Fsp3) is 0.897. The van der Waals surface area contributed by atoms with Crippen molar-refractivity contribution in [3.05, 3.63) is 0 Å². The number of carbonyl (C=O) groups is 3. The third-order valence-electron chi connectivity index (χ3n) is 11.3. The maximum absolute atomic E-state index is 14.0. The van der Waals surface area contributed by atoms with Gasteiger partial charge >= 0.3 is 0 Å². The SMILES string of the molecule is CCN(CC)C(=O)C(Cl)(Cl)C[C@@H](C)[C@H]1CC[C@H]2[C@@H]3CCC4CC(OC=O)CC[C@]4(C)[C@H]3C(=O)C[C@]12C. The van der Waals surface area contributed by atoms with Crippen LogP contribution in [0.15, 0.2) is 0 Å². The van der Waals surface area contributed by atoms with Crippen LogP contribution in [-0.4, -0.2) is 46.6 Å². The summed E-state index contributed by atoms with van der Waals surface area (Å²) in [6, 6.07) is 0. The molecule has 4 rings (SSSR count). The summed E-state index contributed by atoms with van der Waals surface area (Å²) in [4.78, 5) is 39.6. The average molecular weight is 543 g/mol. The number of ether oxygens (including phenoxy) is 1. The van der Waals surface area contributed by atoms with Gasteiger partial charge in [0.1, 0.15) is 11.9 Å². The van der Waals surface area contributed by atoms with Crippen molar-refractivity contribution in [3.63, 3.8) is 0 Å². The largest absolute Gasteiger partial charge is 0.465 e. The topological polar surface area (TPSA) is 63.7 Å². The van der Waals surface area contributed by atoms with E-state index in [2.05, 4.69) is 20.8 Å². The Kier molecular flexibility index (Phi) is 8.14. The predicted molar refractivity (Wildman–Crippen MR) is 143 cm³/mol. The van der Waals surface area contributed by atoms with Gasteiger partial charge in [0, 0.05) is 25.4 Å². The van der Waals surface area contributed by atoms with Gasteiger partial charge in [0.2, 0.25) is 0 Å². The lowest BCUT2D eigenvalue weighted by Crippen LogP contribution is -2.58. The highest BCUT2D eigenvalue weighted by Crippen LogP contribution is 2.67. The van der Waals surface area contributed by atoms with E-state index >= 15 is 0 Å². The first-order valence-corrected chi connectivity index (χ1v) is 15.0. The van der Waals surface area contributed by atoms with E-state index in [4.69, 9.17) is 27.9 Å². The molecule has 0 aromatic heterocycles. The van der Waals surface area contributed by atoms with E-state index in [-0.39, 0.29) is 34.7 Å². The molecular formula is C29H45Cl2NO4. The van der Waals surface area contributed by atoms with Gasteiger partial charge in [0.15, 0.2) is 4.33 Å². The van der Waals surface area contributed by atoms with E-state index in [1.807, 2.05) is 13.8 Å². The maximum Gasteiger partial charge on any atom is 0.293 e. The van der Waals surface area contributed by atoms with Gasteiger partial charge in [-0.25, -0.2) is 0 Å². The number of rotatable bonds is 8. The van der Waals surface area contributed by atoms with Crippen LogP contribution in [0.25, 0.3) is 0 Å². The van der Waals surface area contributed by atoms with Crippen molar-refractivity contribution >= 4 is 41.4 Å². The van der Waals surface area contributed by atoms with Crippen LogP contribution < -0.4 is 0 Å². The third kappa shape index (κ3) is 4.63. The first kappa shape index (κ1) is 28.2. The molecule has 4 aliphatic rings. The molecule has 0 spiro atoms. The lowest BCUT2D eigenvalue weighted by Gasteiger charge is -2.60. The number of hydrogen-bond donors (Lipinski definition) is 0. The zero-order chi connectivity index (χ0) is 26.5. The van der Waals surface area contributed by atoms with Crippen molar-refractivity contribution in [1.82, 2.24) is 4.90 Å². The number of carbonyl (C=O) groups excluding carboxylic acids is 3. The second-order valence-electron chi connectivity index (χ2n) is 12.9. The molecule has 36 heavy (non-hydrogen) atoms. The summed E-state index contributed by atoms with van der Waals surface area (Å²) in [5.41, 5.74) is -0.0633. The van der Waals surface area contributed by atoms with Gasteiger partial charge in [-0.15, -0.1) is 0 Å². The van der Waals surface area contributed by atoms with Crippen LogP contribution in [0.2, 0.25) is 0 Å². The molecular weight excluding hydrogens is 497 g/mol. The van der Waals surface area contributed by atoms with Crippen LogP contribution in [0.1, 0.15) is 92.4 Å². The fourth-order valence-electron chi connectivity index (χ4n) is 9.58. The van der Waals surface area contributed by atoms with E-state index in [1.54, 1.807) is 4.90 Å². The summed E-state index contributed by atoms with van der Waals surface area (Å²) >= 11 is 13.4. The number of Topliss-reactive ketones (excluding diaryl/α,β-unsaturated/α-hetero) is 1. The minimum Gasteiger partial charge on any atom is -0.465 e. The molecule has 4 saturated carbocycles. The average Bonchev–Trinajstić information content (AvgIpc) is 3.16. The molecule has 0 saturated heterocycles. The normalized spacial score (nSPS) is 41.0. The third-order valence-corrected chi connectivity index (χ3v) is 11.9. The highest BCUT2D eigenvalue weighted by Gasteiger charge is 2.64. The Morgan fingerprint density at radius 1 is 1.14 bits per heavy atom. The molecule has 9 atom stereocenters. The van der Waals surface area contributed by atoms with Gasteiger partial charge in [0.25, 0.3) is 12.4 Å². The standard InChI is InChI=1S/C29H45Cl2NO4/c1-6-32(7-2)26(35)29(30,31)15-18(3)22-10-11-23-21-9-8-19-14-20(36-17-33)12-13-27(19,4)25(21)24(34)16-28(22,23)5/h17-23,25H,6-16H2,1-5H3/t18-,19?,20?,21+,22-,23+,25-,27+,28-/m1/s1. The number of halogens is 2. The van der Waals surface area contributed by atoms with Gasteiger partial charge < -0.3 is 9.64 Å². The molecule has 0 aromatic rings.